The Kier molecular flexibility index (Phi) is 4.44. The van der Waals surface area contributed by atoms with E-state index in [-0.39, 0.29) is 12.3 Å². The minimum absolute atomic E-state index is 0.277. The highest BCUT2D eigenvalue weighted by atomic mass is 35.5. The van der Waals surface area contributed by atoms with E-state index in [1.54, 1.807) is 25.4 Å². The third-order valence-electron chi connectivity index (χ3n) is 4.67. The van der Waals surface area contributed by atoms with Crippen LogP contribution in [0.25, 0.3) is 21.9 Å². The van der Waals surface area contributed by atoms with Gasteiger partial charge in [-0.05, 0) is 48.6 Å². The molecule has 1 aliphatic rings. The van der Waals surface area contributed by atoms with Gasteiger partial charge in [0.2, 0.25) is 11.8 Å². The zero-order chi connectivity index (χ0) is 19.1. The Labute approximate surface area is 160 Å². The summed E-state index contributed by atoms with van der Waals surface area (Å²) in [6.45, 7) is 1.90. The van der Waals surface area contributed by atoms with Crippen LogP contribution in [0.5, 0.6) is 5.88 Å². The highest BCUT2D eigenvalue weighted by Gasteiger charge is 2.43. The Balaban J connectivity index is 1.71. The van der Waals surface area contributed by atoms with E-state index in [9.17, 15) is 9.18 Å². The van der Waals surface area contributed by atoms with Crippen molar-refractivity contribution < 1.29 is 13.9 Å². The lowest BCUT2D eigenvalue weighted by Gasteiger charge is -2.11. The summed E-state index contributed by atoms with van der Waals surface area (Å²) in [5.41, 5.74) is 2.64. The van der Waals surface area contributed by atoms with Crippen LogP contribution >= 0.6 is 11.6 Å². The number of alkyl halides is 1. The molecule has 2 heterocycles. The van der Waals surface area contributed by atoms with Crippen molar-refractivity contribution in [3.05, 3.63) is 47.2 Å². The number of benzene rings is 1. The molecular weight excluding hydrogens is 369 g/mol. The number of rotatable bonds is 4. The van der Waals surface area contributed by atoms with Crippen LogP contribution in [-0.2, 0) is 4.79 Å². The Morgan fingerprint density at radius 1 is 1.33 bits per heavy atom. The van der Waals surface area contributed by atoms with Crippen LogP contribution in [0.15, 0.2) is 36.5 Å². The predicted octanol–water partition coefficient (Wildman–Crippen LogP) is 4.56. The predicted molar refractivity (Wildman–Crippen MR) is 103 cm³/mol. The van der Waals surface area contributed by atoms with Gasteiger partial charge in [-0.25, -0.2) is 14.4 Å². The highest BCUT2D eigenvalue weighted by Crippen LogP contribution is 2.36. The highest BCUT2D eigenvalue weighted by molar-refractivity contribution is 6.36. The molecule has 0 spiro atoms. The molecule has 1 aromatic carbocycles. The maximum atomic E-state index is 13.1. The van der Waals surface area contributed by atoms with Crippen molar-refractivity contribution in [3.8, 4) is 17.0 Å². The average molecular weight is 386 g/mol. The molecule has 4 rings (SSSR count). The van der Waals surface area contributed by atoms with E-state index >= 15 is 0 Å². The van der Waals surface area contributed by atoms with Crippen LogP contribution in [0.2, 0.25) is 5.02 Å². The van der Waals surface area contributed by atoms with Crippen molar-refractivity contribution in [2.24, 2.45) is 5.92 Å². The number of aromatic nitrogens is 2. The largest absolute Gasteiger partial charge is 0.481 e. The molecule has 1 amide bonds. The number of aryl methyl sites for hydroxylation is 1. The number of methoxy groups -OCH3 is 1. The van der Waals surface area contributed by atoms with Crippen LogP contribution in [0.1, 0.15) is 12.1 Å². The third-order valence-corrected chi connectivity index (χ3v) is 4.98. The van der Waals surface area contributed by atoms with E-state index in [4.69, 9.17) is 16.3 Å². The first-order valence-electron chi connectivity index (χ1n) is 8.52. The first kappa shape index (κ1) is 17.7. The number of fused-ring (bicyclic) bond motifs is 1. The van der Waals surface area contributed by atoms with E-state index in [0.717, 1.165) is 27.6 Å². The molecule has 3 aromatic rings. The summed E-state index contributed by atoms with van der Waals surface area (Å²) in [7, 11) is 1.57. The summed E-state index contributed by atoms with van der Waals surface area (Å²) in [5, 5.41) is 4.81. The second-order valence-corrected chi connectivity index (χ2v) is 6.99. The molecule has 2 aromatic heterocycles. The van der Waals surface area contributed by atoms with Gasteiger partial charge in [-0.3, -0.25) is 4.79 Å². The van der Waals surface area contributed by atoms with Gasteiger partial charge in [0.25, 0.3) is 0 Å². The molecule has 0 radical (unpaired) electrons. The van der Waals surface area contributed by atoms with E-state index in [1.165, 1.54) is 0 Å². The molecule has 2 unspecified atom stereocenters. The molecule has 1 N–H and O–H groups in total. The number of hydrogen-bond donors (Lipinski definition) is 1. The Morgan fingerprint density at radius 2 is 2.11 bits per heavy atom. The molecule has 1 fully saturated rings. The van der Waals surface area contributed by atoms with Crippen LogP contribution in [0.3, 0.4) is 0 Å². The minimum Gasteiger partial charge on any atom is -0.481 e. The summed E-state index contributed by atoms with van der Waals surface area (Å²) < 4.78 is 18.2. The first-order chi connectivity index (χ1) is 13.0. The topological polar surface area (TPSA) is 64.1 Å². The summed E-state index contributed by atoms with van der Waals surface area (Å²) >= 11 is 6.44. The van der Waals surface area contributed by atoms with Gasteiger partial charge < -0.3 is 10.1 Å². The fourth-order valence-corrected chi connectivity index (χ4v) is 3.32. The van der Waals surface area contributed by atoms with E-state index in [0.29, 0.717) is 16.7 Å². The maximum Gasteiger partial charge on any atom is 0.231 e. The number of carbonyl (C=O) groups excluding carboxylic acids is 1. The molecule has 7 heteroatoms. The summed E-state index contributed by atoms with van der Waals surface area (Å²) in [4.78, 5) is 20.6. The second-order valence-electron chi connectivity index (χ2n) is 6.58. The van der Waals surface area contributed by atoms with E-state index in [2.05, 4.69) is 15.3 Å². The van der Waals surface area contributed by atoms with Gasteiger partial charge >= 0.3 is 0 Å². The number of anilines is 1. The number of nitrogens with one attached hydrogen (secondary N) is 1. The number of ether oxygens (including phenoxy) is 1. The van der Waals surface area contributed by atoms with Gasteiger partial charge in [-0.1, -0.05) is 11.6 Å². The fourth-order valence-electron chi connectivity index (χ4n) is 3.05. The fraction of sp³-hybridized carbons (Fsp3) is 0.250. The van der Waals surface area contributed by atoms with Gasteiger partial charge in [-0.15, -0.1) is 0 Å². The van der Waals surface area contributed by atoms with Crippen LogP contribution in [0.4, 0.5) is 10.2 Å². The quantitative estimate of drug-likeness (QED) is 0.714. The van der Waals surface area contributed by atoms with Crippen LogP contribution in [0, 0.1) is 12.8 Å². The van der Waals surface area contributed by atoms with Crippen LogP contribution < -0.4 is 10.1 Å². The summed E-state index contributed by atoms with van der Waals surface area (Å²) in [5.74, 6) is 0.0187. The van der Waals surface area contributed by atoms with E-state index < -0.39 is 12.1 Å². The first-order valence-corrected chi connectivity index (χ1v) is 8.90. The van der Waals surface area contributed by atoms with Crippen molar-refractivity contribution in [2.75, 3.05) is 12.4 Å². The van der Waals surface area contributed by atoms with Crippen molar-refractivity contribution >= 4 is 34.1 Å². The number of nitrogens with zero attached hydrogens (tertiary/aromatic N) is 2. The third kappa shape index (κ3) is 3.45. The van der Waals surface area contributed by atoms with Crippen molar-refractivity contribution in [3.63, 3.8) is 0 Å². The van der Waals surface area contributed by atoms with Crippen molar-refractivity contribution in [2.45, 2.75) is 19.5 Å². The van der Waals surface area contributed by atoms with Gasteiger partial charge in [-0.2, -0.15) is 0 Å². The maximum absolute atomic E-state index is 13.1. The second kappa shape index (κ2) is 6.78. The lowest BCUT2D eigenvalue weighted by atomic mass is 10.0. The molecule has 0 saturated heterocycles. The summed E-state index contributed by atoms with van der Waals surface area (Å²) in [6.07, 6.45) is 0.840. The van der Waals surface area contributed by atoms with E-state index in [1.807, 2.05) is 25.1 Å². The molecule has 0 bridgehead atoms. The molecule has 1 aliphatic carbocycles. The number of pyridine rings is 2. The van der Waals surface area contributed by atoms with Gasteiger partial charge in [0, 0.05) is 28.9 Å². The monoisotopic (exact) mass is 385 g/mol. The standard InChI is InChI=1S/C20H17ClFN3O2/c1-10-13(3-4-19(24-10)27-2)11-5-12-7-18(23-9-15(12)16(21)6-11)25-20(26)14-8-17(14)22/h3-7,9,14,17H,8H2,1-2H3,(H,23,25,26). The number of carbonyl (C=O) groups is 1. The molecule has 1 saturated carbocycles. The Hall–Kier alpha value is -2.73. The average Bonchev–Trinajstić information content (AvgIpc) is 3.38. The lowest BCUT2D eigenvalue weighted by molar-refractivity contribution is -0.117. The molecular formula is C20H17ClFN3O2. The van der Waals surface area contributed by atoms with Crippen LogP contribution in [-0.4, -0.2) is 29.2 Å². The zero-order valence-corrected chi connectivity index (χ0v) is 15.5. The molecule has 0 aliphatic heterocycles. The molecule has 2 atom stereocenters. The smallest absolute Gasteiger partial charge is 0.231 e. The normalized spacial score (nSPS) is 18.4. The van der Waals surface area contributed by atoms with Gasteiger partial charge in [0.15, 0.2) is 0 Å². The Morgan fingerprint density at radius 3 is 2.78 bits per heavy atom. The number of halogens is 2. The number of hydrogen-bond acceptors (Lipinski definition) is 4. The SMILES string of the molecule is COc1ccc(-c2cc(Cl)c3cnc(NC(=O)C4CC4F)cc3c2)c(C)n1. The summed E-state index contributed by atoms with van der Waals surface area (Å²) in [6, 6.07) is 9.28. The van der Waals surface area contributed by atoms with Gasteiger partial charge in [0.1, 0.15) is 12.0 Å². The molecule has 27 heavy (non-hydrogen) atoms. The molecule has 138 valence electrons. The van der Waals surface area contributed by atoms with Gasteiger partial charge in [0.05, 0.1) is 18.1 Å². The zero-order valence-electron chi connectivity index (χ0n) is 14.8. The van der Waals surface area contributed by atoms with Crippen molar-refractivity contribution in [1.29, 1.82) is 0 Å². The lowest BCUT2D eigenvalue weighted by Crippen LogP contribution is -2.15. The number of amides is 1. The Bertz CT molecular complexity index is 1060. The minimum atomic E-state index is -1.04. The van der Waals surface area contributed by atoms with Crippen molar-refractivity contribution in [1.82, 2.24) is 9.97 Å². The molecule has 5 nitrogen and oxygen atoms in total.